The SMILES string of the molecule is CNc1ncccc1S(=O)(=O)NCC1CN(C)CCN1C. The summed E-state index contributed by atoms with van der Waals surface area (Å²) in [5.41, 5.74) is 0. The molecule has 7 nitrogen and oxygen atoms in total. The Morgan fingerprint density at radius 1 is 1.38 bits per heavy atom. The van der Waals surface area contributed by atoms with Crippen LogP contribution < -0.4 is 10.0 Å². The Bertz CT molecular complexity index is 578. The largest absolute Gasteiger partial charge is 0.372 e. The molecule has 2 rings (SSSR count). The summed E-state index contributed by atoms with van der Waals surface area (Å²) in [5.74, 6) is 0.360. The van der Waals surface area contributed by atoms with Gasteiger partial charge in [0.25, 0.3) is 0 Å². The molecular weight excluding hydrogens is 290 g/mol. The van der Waals surface area contributed by atoms with E-state index in [9.17, 15) is 8.42 Å². The van der Waals surface area contributed by atoms with E-state index in [1.807, 2.05) is 7.05 Å². The topological polar surface area (TPSA) is 77.6 Å². The number of nitrogens with zero attached hydrogens (tertiary/aromatic N) is 3. The molecule has 0 spiro atoms. The maximum absolute atomic E-state index is 12.4. The molecule has 8 heteroatoms. The molecule has 0 saturated carbocycles. The lowest BCUT2D eigenvalue weighted by Gasteiger charge is -2.37. The third-order valence-corrected chi connectivity index (χ3v) is 5.24. The summed E-state index contributed by atoms with van der Waals surface area (Å²) in [6.45, 7) is 3.19. The predicted molar refractivity (Wildman–Crippen MR) is 82.9 cm³/mol. The van der Waals surface area contributed by atoms with Gasteiger partial charge in [0, 0.05) is 45.5 Å². The molecule has 0 aliphatic carbocycles. The van der Waals surface area contributed by atoms with Gasteiger partial charge >= 0.3 is 0 Å². The number of sulfonamides is 1. The van der Waals surface area contributed by atoms with Crippen LogP contribution in [-0.2, 0) is 10.0 Å². The van der Waals surface area contributed by atoms with Gasteiger partial charge in [-0.15, -0.1) is 0 Å². The zero-order valence-electron chi connectivity index (χ0n) is 12.7. The molecule has 1 aliphatic heterocycles. The van der Waals surface area contributed by atoms with Crippen molar-refractivity contribution in [1.29, 1.82) is 0 Å². The van der Waals surface area contributed by atoms with Crippen molar-refractivity contribution in [2.24, 2.45) is 0 Å². The number of piperazine rings is 1. The molecule has 2 N–H and O–H groups in total. The van der Waals surface area contributed by atoms with Gasteiger partial charge in [0.05, 0.1) is 0 Å². The number of anilines is 1. The van der Waals surface area contributed by atoms with Crippen LogP contribution in [-0.4, -0.2) is 76.6 Å². The number of nitrogens with one attached hydrogen (secondary N) is 2. The van der Waals surface area contributed by atoms with E-state index >= 15 is 0 Å². The van der Waals surface area contributed by atoms with Crippen LogP contribution in [0.1, 0.15) is 0 Å². The molecule has 118 valence electrons. The number of pyridine rings is 1. The fourth-order valence-corrected chi connectivity index (χ4v) is 3.63. The highest BCUT2D eigenvalue weighted by atomic mass is 32.2. The molecule has 1 saturated heterocycles. The lowest BCUT2D eigenvalue weighted by atomic mass is 10.2. The summed E-state index contributed by atoms with van der Waals surface area (Å²) in [6, 6.07) is 3.35. The van der Waals surface area contributed by atoms with Crippen molar-refractivity contribution in [3.8, 4) is 0 Å². The van der Waals surface area contributed by atoms with Gasteiger partial charge in [0.15, 0.2) is 0 Å². The Hall–Kier alpha value is -1.22. The van der Waals surface area contributed by atoms with Crippen molar-refractivity contribution < 1.29 is 8.42 Å². The van der Waals surface area contributed by atoms with Crippen LogP contribution in [0.4, 0.5) is 5.82 Å². The minimum atomic E-state index is -3.56. The van der Waals surface area contributed by atoms with Gasteiger partial charge in [-0.2, -0.15) is 0 Å². The fourth-order valence-electron chi connectivity index (χ4n) is 2.40. The average molecular weight is 313 g/mol. The van der Waals surface area contributed by atoms with Gasteiger partial charge in [-0.1, -0.05) is 0 Å². The van der Waals surface area contributed by atoms with E-state index in [-0.39, 0.29) is 10.9 Å². The van der Waals surface area contributed by atoms with E-state index in [2.05, 4.69) is 31.9 Å². The standard InChI is InChI=1S/C13H23N5O2S/c1-14-13-12(5-4-6-15-13)21(19,20)16-9-11-10-17(2)7-8-18(11)3/h4-6,11,16H,7-10H2,1-3H3,(H,14,15). The van der Waals surface area contributed by atoms with Crippen LogP contribution in [0.25, 0.3) is 0 Å². The number of hydrogen-bond acceptors (Lipinski definition) is 6. The van der Waals surface area contributed by atoms with E-state index in [1.54, 1.807) is 25.4 Å². The normalized spacial score (nSPS) is 21.4. The summed E-state index contributed by atoms with van der Waals surface area (Å²) in [6.07, 6.45) is 1.56. The molecular formula is C13H23N5O2S. The van der Waals surface area contributed by atoms with Gasteiger partial charge in [-0.05, 0) is 26.2 Å². The third kappa shape index (κ3) is 3.91. The summed E-state index contributed by atoms with van der Waals surface area (Å²) in [7, 11) is 2.17. The first-order chi connectivity index (χ1) is 9.94. The molecule has 1 aliphatic rings. The number of likely N-dealkylation sites (N-methyl/N-ethyl adjacent to an activating group) is 2. The predicted octanol–water partition coefficient (Wildman–Crippen LogP) is -0.353. The van der Waals surface area contributed by atoms with E-state index in [4.69, 9.17) is 0 Å². The van der Waals surface area contributed by atoms with Crippen LogP contribution in [0.15, 0.2) is 23.2 Å². The van der Waals surface area contributed by atoms with E-state index in [1.165, 1.54) is 0 Å². The van der Waals surface area contributed by atoms with Crippen molar-refractivity contribution in [3.05, 3.63) is 18.3 Å². The minimum absolute atomic E-state index is 0.174. The first-order valence-electron chi connectivity index (χ1n) is 6.95. The molecule has 0 radical (unpaired) electrons. The van der Waals surface area contributed by atoms with Gasteiger partial charge in [0.1, 0.15) is 10.7 Å². The van der Waals surface area contributed by atoms with Crippen LogP contribution in [0, 0.1) is 0 Å². The average Bonchev–Trinajstić information content (AvgIpc) is 2.48. The molecule has 1 unspecified atom stereocenters. The van der Waals surface area contributed by atoms with Gasteiger partial charge in [-0.25, -0.2) is 18.1 Å². The van der Waals surface area contributed by atoms with Gasteiger partial charge < -0.3 is 10.2 Å². The molecule has 2 heterocycles. The maximum atomic E-state index is 12.4. The third-order valence-electron chi connectivity index (χ3n) is 3.79. The van der Waals surface area contributed by atoms with Crippen molar-refractivity contribution in [3.63, 3.8) is 0 Å². The number of hydrogen-bond donors (Lipinski definition) is 2. The number of rotatable bonds is 5. The zero-order valence-corrected chi connectivity index (χ0v) is 13.5. The lowest BCUT2D eigenvalue weighted by molar-refractivity contribution is 0.117. The first kappa shape index (κ1) is 16.2. The van der Waals surface area contributed by atoms with Crippen LogP contribution in [0.2, 0.25) is 0 Å². The molecule has 0 aromatic carbocycles. The van der Waals surface area contributed by atoms with Gasteiger partial charge in [-0.3, -0.25) is 4.90 Å². The highest BCUT2D eigenvalue weighted by molar-refractivity contribution is 7.89. The van der Waals surface area contributed by atoms with Crippen LogP contribution in [0.3, 0.4) is 0 Å². The smallest absolute Gasteiger partial charge is 0.244 e. The maximum Gasteiger partial charge on any atom is 0.244 e. The Kier molecular flexibility index (Phi) is 5.15. The highest BCUT2D eigenvalue weighted by Gasteiger charge is 2.25. The quantitative estimate of drug-likeness (QED) is 0.773. The van der Waals surface area contributed by atoms with E-state index in [0.717, 1.165) is 19.6 Å². The van der Waals surface area contributed by atoms with E-state index < -0.39 is 10.0 Å². The van der Waals surface area contributed by atoms with Crippen molar-refractivity contribution in [2.75, 3.05) is 52.6 Å². The van der Waals surface area contributed by atoms with Crippen molar-refractivity contribution in [1.82, 2.24) is 19.5 Å². The van der Waals surface area contributed by atoms with Crippen LogP contribution in [0.5, 0.6) is 0 Å². The van der Waals surface area contributed by atoms with E-state index in [0.29, 0.717) is 12.4 Å². The lowest BCUT2D eigenvalue weighted by Crippen LogP contribution is -2.54. The summed E-state index contributed by atoms with van der Waals surface area (Å²) < 4.78 is 27.5. The molecule has 1 atom stereocenters. The van der Waals surface area contributed by atoms with Crippen molar-refractivity contribution >= 4 is 15.8 Å². The number of aromatic nitrogens is 1. The Balaban J connectivity index is 2.07. The molecule has 0 amide bonds. The fraction of sp³-hybridized carbons (Fsp3) is 0.615. The first-order valence-corrected chi connectivity index (χ1v) is 8.43. The second-order valence-electron chi connectivity index (χ2n) is 5.35. The molecule has 21 heavy (non-hydrogen) atoms. The molecule has 1 fully saturated rings. The van der Waals surface area contributed by atoms with Crippen molar-refractivity contribution in [2.45, 2.75) is 10.9 Å². The zero-order chi connectivity index (χ0) is 15.5. The Morgan fingerprint density at radius 2 is 2.14 bits per heavy atom. The van der Waals surface area contributed by atoms with Gasteiger partial charge in [0.2, 0.25) is 10.0 Å². The molecule has 1 aromatic heterocycles. The van der Waals surface area contributed by atoms with Crippen LogP contribution >= 0.6 is 0 Å². The molecule has 1 aromatic rings. The monoisotopic (exact) mass is 313 g/mol. The Labute approximate surface area is 126 Å². The second-order valence-corrected chi connectivity index (χ2v) is 7.08. The highest BCUT2D eigenvalue weighted by Crippen LogP contribution is 2.17. The Morgan fingerprint density at radius 3 is 2.86 bits per heavy atom. The summed E-state index contributed by atoms with van der Waals surface area (Å²) >= 11 is 0. The molecule has 0 bridgehead atoms. The summed E-state index contributed by atoms with van der Waals surface area (Å²) in [5, 5.41) is 2.81. The summed E-state index contributed by atoms with van der Waals surface area (Å²) in [4.78, 5) is 8.61. The second kappa shape index (κ2) is 6.69. The minimum Gasteiger partial charge on any atom is -0.372 e.